The lowest BCUT2D eigenvalue weighted by molar-refractivity contribution is -0.136. The van der Waals surface area contributed by atoms with Gasteiger partial charge < -0.3 is 20.4 Å². The Morgan fingerprint density at radius 1 is 0.950 bits per heavy atom. The SMILES string of the molecule is CN(Cc1ccccc1)C(=O)[C@H](Cc1ccc2ccccc2c1)NC(=O)[C@@H]1CCCN1C(=O)Nc1cccnc1. The Balaban J connectivity index is 1.34. The molecule has 0 saturated carbocycles. The lowest BCUT2D eigenvalue weighted by atomic mass is 10.00. The van der Waals surface area contributed by atoms with E-state index in [2.05, 4.69) is 21.7 Å². The lowest BCUT2D eigenvalue weighted by Gasteiger charge is -2.28. The summed E-state index contributed by atoms with van der Waals surface area (Å²) in [6.07, 6.45) is 4.76. The van der Waals surface area contributed by atoms with Crippen LogP contribution in [0.25, 0.3) is 10.8 Å². The molecule has 0 aliphatic carbocycles. The number of carbonyl (C=O) groups is 3. The third-order valence-corrected chi connectivity index (χ3v) is 7.24. The van der Waals surface area contributed by atoms with E-state index in [1.54, 1.807) is 36.5 Å². The van der Waals surface area contributed by atoms with Gasteiger partial charge in [-0.2, -0.15) is 0 Å². The van der Waals surface area contributed by atoms with Crippen LogP contribution >= 0.6 is 0 Å². The molecule has 2 heterocycles. The zero-order valence-corrected chi connectivity index (χ0v) is 22.5. The van der Waals surface area contributed by atoms with Crippen LogP contribution in [0.4, 0.5) is 10.5 Å². The van der Waals surface area contributed by atoms with Crippen molar-refractivity contribution in [3.05, 3.63) is 108 Å². The number of hydrogen-bond acceptors (Lipinski definition) is 4. The minimum Gasteiger partial charge on any atom is -0.342 e. The molecule has 8 nitrogen and oxygen atoms in total. The third kappa shape index (κ3) is 6.46. The molecule has 2 N–H and O–H groups in total. The fourth-order valence-corrected chi connectivity index (χ4v) is 5.19. The van der Waals surface area contributed by atoms with Gasteiger partial charge in [-0.25, -0.2) is 4.79 Å². The van der Waals surface area contributed by atoms with Gasteiger partial charge in [0.1, 0.15) is 12.1 Å². The van der Waals surface area contributed by atoms with E-state index in [0.717, 1.165) is 21.9 Å². The average molecular weight is 536 g/mol. The summed E-state index contributed by atoms with van der Waals surface area (Å²) >= 11 is 0. The van der Waals surface area contributed by atoms with Crippen LogP contribution in [0.2, 0.25) is 0 Å². The number of benzene rings is 3. The van der Waals surface area contributed by atoms with Crippen LogP contribution in [0.1, 0.15) is 24.0 Å². The smallest absolute Gasteiger partial charge is 0.322 e. The summed E-state index contributed by atoms with van der Waals surface area (Å²) in [4.78, 5) is 47.5. The van der Waals surface area contributed by atoms with Crippen molar-refractivity contribution in [2.75, 3.05) is 18.9 Å². The van der Waals surface area contributed by atoms with E-state index in [9.17, 15) is 14.4 Å². The second kappa shape index (κ2) is 12.4. The minimum absolute atomic E-state index is 0.185. The van der Waals surface area contributed by atoms with E-state index in [1.165, 1.54) is 4.90 Å². The molecule has 204 valence electrons. The number of likely N-dealkylation sites (tertiary alicyclic amines) is 1. The van der Waals surface area contributed by atoms with Crippen LogP contribution in [-0.4, -0.2) is 58.3 Å². The van der Waals surface area contributed by atoms with Crippen molar-refractivity contribution in [3.63, 3.8) is 0 Å². The highest BCUT2D eigenvalue weighted by Gasteiger charge is 2.36. The highest BCUT2D eigenvalue weighted by molar-refractivity contribution is 5.96. The van der Waals surface area contributed by atoms with Crippen molar-refractivity contribution in [1.29, 1.82) is 0 Å². The van der Waals surface area contributed by atoms with E-state index in [-0.39, 0.29) is 17.8 Å². The third-order valence-electron chi connectivity index (χ3n) is 7.24. The summed E-state index contributed by atoms with van der Waals surface area (Å²) < 4.78 is 0. The first-order valence-electron chi connectivity index (χ1n) is 13.5. The highest BCUT2D eigenvalue weighted by atomic mass is 16.2. The number of amides is 4. The summed E-state index contributed by atoms with van der Waals surface area (Å²) in [6, 6.07) is 25.6. The first kappa shape index (κ1) is 26.9. The monoisotopic (exact) mass is 535 g/mol. The number of nitrogens with zero attached hydrogens (tertiary/aromatic N) is 3. The van der Waals surface area contributed by atoms with Gasteiger partial charge in [-0.3, -0.25) is 14.6 Å². The molecular formula is C32H33N5O3. The zero-order chi connectivity index (χ0) is 27.9. The number of fused-ring (bicyclic) bond motifs is 1. The average Bonchev–Trinajstić information content (AvgIpc) is 3.48. The molecule has 1 aliphatic rings. The van der Waals surface area contributed by atoms with E-state index in [0.29, 0.717) is 38.0 Å². The minimum atomic E-state index is -0.786. The first-order valence-corrected chi connectivity index (χ1v) is 13.5. The van der Waals surface area contributed by atoms with Gasteiger partial charge >= 0.3 is 6.03 Å². The van der Waals surface area contributed by atoms with Gasteiger partial charge in [0, 0.05) is 32.8 Å². The van der Waals surface area contributed by atoms with Gasteiger partial charge in [-0.1, -0.05) is 72.8 Å². The van der Waals surface area contributed by atoms with Gasteiger partial charge in [0.15, 0.2) is 0 Å². The molecule has 2 atom stereocenters. The number of pyridine rings is 1. The van der Waals surface area contributed by atoms with Crippen molar-refractivity contribution in [2.45, 2.75) is 37.9 Å². The first-order chi connectivity index (χ1) is 19.5. The Hall–Kier alpha value is -4.72. The van der Waals surface area contributed by atoms with Crippen molar-refractivity contribution >= 4 is 34.3 Å². The van der Waals surface area contributed by atoms with Crippen LogP contribution in [0.3, 0.4) is 0 Å². The molecule has 1 aromatic heterocycles. The number of carbonyl (C=O) groups excluding carboxylic acids is 3. The van der Waals surface area contributed by atoms with Gasteiger partial charge in [0.25, 0.3) is 0 Å². The van der Waals surface area contributed by atoms with Gasteiger partial charge in [-0.05, 0) is 46.9 Å². The number of urea groups is 1. The molecule has 0 unspecified atom stereocenters. The second-order valence-electron chi connectivity index (χ2n) is 10.1. The van der Waals surface area contributed by atoms with Crippen LogP contribution in [-0.2, 0) is 22.6 Å². The quantitative estimate of drug-likeness (QED) is 0.344. The Bertz CT molecular complexity index is 1480. The fraction of sp³-hybridized carbons (Fsp3) is 0.250. The predicted octanol–water partition coefficient (Wildman–Crippen LogP) is 4.62. The number of nitrogens with one attached hydrogen (secondary N) is 2. The van der Waals surface area contributed by atoms with E-state index < -0.39 is 12.1 Å². The molecule has 4 aromatic rings. The largest absolute Gasteiger partial charge is 0.342 e. The summed E-state index contributed by atoms with van der Waals surface area (Å²) in [5, 5.41) is 8.01. The molecule has 8 heteroatoms. The number of likely N-dealkylation sites (N-methyl/N-ethyl adjacent to an activating group) is 1. The molecule has 1 fully saturated rings. The van der Waals surface area contributed by atoms with Crippen LogP contribution in [0.15, 0.2) is 97.3 Å². The molecule has 0 bridgehead atoms. The van der Waals surface area contributed by atoms with E-state index >= 15 is 0 Å². The van der Waals surface area contributed by atoms with Gasteiger partial charge in [0.05, 0.1) is 11.9 Å². The van der Waals surface area contributed by atoms with E-state index in [1.807, 2.05) is 66.7 Å². The molecule has 0 spiro atoms. The maximum absolute atomic E-state index is 13.7. The zero-order valence-electron chi connectivity index (χ0n) is 22.5. The molecule has 3 aromatic carbocycles. The van der Waals surface area contributed by atoms with E-state index in [4.69, 9.17) is 0 Å². The van der Waals surface area contributed by atoms with Crippen molar-refractivity contribution in [3.8, 4) is 0 Å². The molecule has 1 aliphatic heterocycles. The highest BCUT2D eigenvalue weighted by Crippen LogP contribution is 2.21. The number of anilines is 1. The summed E-state index contributed by atoms with van der Waals surface area (Å²) in [6.45, 7) is 0.883. The Morgan fingerprint density at radius 3 is 2.50 bits per heavy atom. The molecule has 5 rings (SSSR count). The van der Waals surface area contributed by atoms with Crippen molar-refractivity contribution < 1.29 is 14.4 Å². The normalized spacial score (nSPS) is 15.4. The van der Waals surface area contributed by atoms with Crippen molar-refractivity contribution in [1.82, 2.24) is 20.1 Å². The molecular weight excluding hydrogens is 502 g/mol. The van der Waals surface area contributed by atoms with Gasteiger partial charge in [0.2, 0.25) is 11.8 Å². The van der Waals surface area contributed by atoms with Crippen molar-refractivity contribution in [2.24, 2.45) is 0 Å². The number of hydrogen-bond donors (Lipinski definition) is 2. The molecule has 0 radical (unpaired) electrons. The Morgan fingerprint density at radius 2 is 1.73 bits per heavy atom. The molecule has 1 saturated heterocycles. The lowest BCUT2D eigenvalue weighted by Crippen LogP contribution is -2.54. The summed E-state index contributed by atoms with van der Waals surface area (Å²) in [5.41, 5.74) is 2.51. The van der Waals surface area contributed by atoms with Crippen LogP contribution in [0.5, 0.6) is 0 Å². The maximum atomic E-state index is 13.7. The number of rotatable bonds is 8. The van der Waals surface area contributed by atoms with Crippen LogP contribution < -0.4 is 10.6 Å². The van der Waals surface area contributed by atoms with Gasteiger partial charge in [-0.15, -0.1) is 0 Å². The Kier molecular flexibility index (Phi) is 8.35. The Labute approximate surface area is 234 Å². The van der Waals surface area contributed by atoms with Crippen LogP contribution in [0, 0.1) is 0 Å². The predicted molar refractivity (Wildman–Crippen MR) is 155 cm³/mol. The summed E-state index contributed by atoms with van der Waals surface area (Å²) in [7, 11) is 1.75. The molecule has 4 amide bonds. The molecule has 40 heavy (non-hydrogen) atoms. The summed E-state index contributed by atoms with van der Waals surface area (Å²) in [5.74, 6) is -0.513. The maximum Gasteiger partial charge on any atom is 0.322 e. The fourth-order valence-electron chi connectivity index (χ4n) is 5.19. The standard InChI is InChI=1S/C32H33N5O3/c1-36(22-23-9-3-2-4-10-23)31(39)28(20-24-15-16-25-11-5-6-12-26(25)19-24)35-30(38)29-14-8-18-37(29)32(40)34-27-13-7-17-33-21-27/h2-7,9-13,15-17,19,21,28-29H,8,14,18,20,22H2,1H3,(H,34,40)(H,35,38)/t28-,29-/m0/s1. The number of aromatic nitrogens is 1. The second-order valence-corrected chi connectivity index (χ2v) is 10.1. The topological polar surface area (TPSA) is 94.6 Å².